The average Bonchev–Trinajstić information content (AvgIpc) is 2.41. The molecule has 4 nitrogen and oxygen atoms in total. The molecule has 0 aromatic rings. The molecule has 0 bridgehead atoms. The monoisotopic (exact) mass is 490 g/mol. The number of unbranched alkanes of at least 4 members (excludes halogenated alkanes) is 1. The maximum atomic E-state index is 11.4. The van der Waals surface area contributed by atoms with Gasteiger partial charge in [-0.3, -0.25) is 0 Å². The second-order valence-electron chi connectivity index (χ2n) is 5.28. The number of aliphatic carboxylic acids is 2. The van der Waals surface area contributed by atoms with E-state index in [0.717, 1.165) is 31.8 Å². The molecule has 21 heavy (non-hydrogen) atoms. The van der Waals surface area contributed by atoms with Crippen LogP contribution < -0.4 is 10.2 Å². The van der Waals surface area contributed by atoms with Crippen LogP contribution in [0.2, 0.25) is 0 Å². The summed E-state index contributed by atoms with van der Waals surface area (Å²) < 4.78 is 0. The summed E-state index contributed by atoms with van der Waals surface area (Å²) in [6.45, 7) is 7.92. The Hall–Kier alpha value is -0.398. The molecule has 0 heterocycles. The Kier molecular flexibility index (Phi) is 12.2. The van der Waals surface area contributed by atoms with Gasteiger partial charge in [-0.15, -0.1) is 0 Å². The molecule has 0 fully saturated rings. The van der Waals surface area contributed by atoms with E-state index < -0.39 is 17.4 Å². The molecule has 0 aromatic heterocycles. The van der Waals surface area contributed by atoms with Crippen molar-refractivity contribution in [2.45, 2.75) is 66.2 Å². The maximum Gasteiger partial charge on any atom is 2.00 e. The first-order valence-corrected chi connectivity index (χ1v) is 7.53. The largest absolute Gasteiger partial charge is 2.00 e. The van der Waals surface area contributed by atoms with Crippen LogP contribution in [-0.2, 0) is 9.59 Å². The van der Waals surface area contributed by atoms with Crippen LogP contribution in [0.25, 0.3) is 0 Å². The molecule has 0 saturated heterocycles. The minimum atomic E-state index is -1.47. The third-order valence-corrected chi connectivity index (χ3v) is 4.46. The predicted octanol–water partition coefficient (Wildman–Crippen LogP) is 1.05. The average molecular weight is 490 g/mol. The van der Waals surface area contributed by atoms with Crippen LogP contribution in [0.4, 0.5) is 0 Å². The zero-order valence-corrected chi connectivity index (χ0v) is 17.4. The smallest absolute Gasteiger partial charge is 0.545 e. The van der Waals surface area contributed by atoms with E-state index in [2.05, 4.69) is 6.92 Å². The molecular formula is C16H26O4Pb. The van der Waals surface area contributed by atoms with Gasteiger partial charge < -0.3 is 19.8 Å². The summed E-state index contributed by atoms with van der Waals surface area (Å²) >= 11 is 0. The minimum Gasteiger partial charge on any atom is -0.545 e. The zero-order valence-electron chi connectivity index (χ0n) is 13.5. The second kappa shape index (κ2) is 11.2. The Morgan fingerprint density at radius 2 is 1.62 bits per heavy atom. The van der Waals surface area contributed by atoms with Crippen LogP contribution in [-0.4, -0.2) is 39.2 Å². The summed E-state index contributed by atoms with van der Waals surface area (Å²) in [5.74, 6) is -2.73. The van der Waals surface area contributed by atoms with Crippen molar-refractivity contribution in [1.82, 2.24) is 0 Å². The van der Waals surface area contributed by atoms with Gasteiger partial charge in [0.05, 0.1) is 11.9 Å². The van der Waals surface area contributed by atoms with Crippen molar-refractivity contribution >= 4 is 39.2 Å². The van der Waals surface area contributed by atoms with Crippen molar-refractivity contribution in [2.24, 2.45) is 11.3 Å². The van der Waals surface area contributed by atoms with Crippen LogP contribution >= 0.6 is 0 Å². The third kappa shape index (κ3) is 6.08. The predicted molar refractivity (Wildman–Crippen MR) is 80.2 cm³/mol. The van der Waals surface area contributed by atoms with E-state index in [1.165, 1.54) is 0 Å². The first kappa shape index (κ1) is 22.9. The van der Waals surface area contributed by atoms with Crippen LogP contribution in [0.15, 0.2) is 11.6 Å². The van der Waals surface area contributed by atoms with Gasteiger partial charge in [0.25, 0.3) is 0 Å². The topological polar surface area (TPSA) is 80.3 Å². The van der Waals surface area contributed by atoms with Crippen molar-refractivity contribution in [1.29, 1.82) is 0 Å². The molecule has 0 aromatic carbocycles. The molecule has 0 aliphatic rings. The summed E-state index contributed by atoms with van der Waals surface area (Å²) in [4.78, 5) is 22.3. The van der Waals surface area contributed by atoms with Crippen molar-refractivity contribution in [3.05, 3.63) is 11.6 Å². The van der Waals surface area contributed by atoms with Crippen LogP contribution in [0.5, 0.6) is 0 Å². The Morgan fingerprint density at radius 1 is 1.10 bits per heavy atom. The van der Waals surface area contributed by atoms with Crippen molar-refractivity contribution in [2.75, 3.05) is 0 Å². The summed E-state index contributed by atoms with van der Waals surface area (Å²) in [5.41, 5.74) is -0.770. The molecule has 0 rings (SSSR count). The molecule has 0 aliphatic heterocycles. The Balaban J connectivity index is 0. The van der Waals surface area contributed by atoms with Gasteiger partial charge in [0.15, 0.2) is 0 Å². The van der Waals surface area contributed by atoms with Gasteiger partial charge in [-0.1, -0.05) is 47.0 Å². The molecule has 0 aliphatic carbocycles. The van der Waals surface area contributed by atoms with Gasteiger partial charge in [0.1, 0.15) is 0 Å². The number of carbonyl (C=O) groups excluding carboxylic acids is 2. The van der Waals surface area contributed by atoms with E-state index in [4.69, 9.17) is 0 Å². The van der Waals surface area contributed by atoms with E-state index in [9.17, 15) is 19.8 Å². The van der Waals surface area contributed by atoms with Gasteiger partial charge in [-0.2, -0.15) is 0 Å². The second-order valence-corrected chi connectivity index (χ2v) is 5.28. The third-order valence-electron chi connectivity index (χ3n) is 4.46. The van der Waals surface area contributed by atoms with E-state index in [0.29, 0.717) is 12.8 Å². The Labute approximate surface area is 148 Å². The molecule has 0 spiro atoms. The van der Waals surface area contributed by atoms with E-state index >= 15 is 0 Å². The SMILES string of the molecule is CCCCC(CC)C(CC)(CC)/C(=C/C(=O)[O-])C(=O)[O-].[Pb+2]. The molecular weight excluding hydrogens is 463 g/mol. The fourth-order valence-electron chi connectivity index (χ4n) is 3.27. The normalized spacial score (nSPS) is 13.4. The van der Waals surface area contributed by atoms with Gasteiger partial charge >= 0.3 is 27.3 Å². The number of carbonyl (C=O) groups is 2. The molecule has 5 heteroatoms. The summed E-state index contributed by atoms with van der Waals surface area (Å²) in [6.07, 6.45) is 5.64. The zero-order chi connectivity index (χ0) is 15.8. The number of carboxylic acid groups (broad SMARTS) is 2. The summed E-state index contributed by atoms with van der Waals surface area (Å²) in [6, 6.07) is 0. The van der Waals surface area contributed by atoms with E-state index in [1.807, 2.05) is 20.8 Å². The molecule has 0 saturated carbocycles. The van der Waals surface area contributed by atoms with E-state index in [1.54, 1.807) is 0 Å². The van der Waals surface area contributed by atoms with Gasteiger partial charge in [0, 0.05) is 0 Å². The maximum absolute atomic E-state index is 11.4. The van der Waals surface area contributed by atoms with Crippen molar-refractivity contribution in [3.8, 4) is 0 Å². The molecule has 0 N–H and O–H groups in total. The number of hydrogen-bond acceptors (Lipinski definition) is 4. The fraction of sp³-hybridized carbons (Fsp3) is 0.750. The van der Waals surface area contributed by atoms with Gasteiger partial charge in [-0.25, -0.2) is 0 Å². The van der Waals surface area contributed by atoms with Gasteiger partial charge in [0.2, 0.25) is 0 Å². The fourth-order valence-corrected chi connectivity index (χ4v) is 3.27. The van der Waals surface area contributed by atoms with E-state index in [-0.39, 0.29) is 38.8 Å². The standard InChI is InChI=1S/C16H28O4.Pb/c1-5-9-10-12(6-2)16(7-3,8-4)13(15(19)20)11-14(17)18;/h11-12H,5-10H2,1-4H3,(H,17,18)(H,19,20);/q;+2/p-2/b13-11+;. The summed E-state index contributed by atoms with van der Waals surface area (Å²) in [5, 5.41) is 22.3. The Bertz CT molecular complexity index is 359. The van der Waals surface area contributed by atoms with Crippen LogP contribution in [0, 0.1) is 11.3 Å². The quantitative estimate of drug-likeness (QED) is 0.340. The van der Waals surface area contributed by atoms with Crippen LogP contribution in [0.3, 0.4) is 0 Å². The summed E-state index contributed by atoms with van der Waals surface area (Å²) in [7, 11) is 0. The Morgan fingerprint density at radius 3 is 1.90 bits per heavy atom. The minimum absolute atomic E-state index is 0. The molecule has 2 radical (unpaired) electrons. The van der Waals surface area contributed by atoms with Crippen LogP contribution in [0.1, 0.15) is 66.2 Å². The molecule has 118 valence electrons. The first-order chi connectivity index (χ1) is 9.39. The van der Waals surface area contributed by atoms with Gasteiger partial charge in [-0.05, 0) is 42.2 Å². The molecule has 1 unspecified atom stereocenters. The van der Waals surface area contributed by atoms with Crippen molar-refractivity contribution in [3.63, 3.8) is 0 Å². The molecule has 1 atom stereocenters. The number of rotatable bonds is 10. The van der Waals surface area contributed by atoms with Crippen molar-refractivity contribution < 1.29 is 19.8 Å². The number of carboxylic acids is 2. The number of hydrogen-bond donors (Lipinski definition) is 0. The first-order valence-electron chi connectivity index (χ1n) is 7.53. The molecule has 0 amide bonds.